The van der Waals surface area contributed by atoms with Crippen molar-refractivity contribution < 1.29 is 24.2 Å². The maximum absolute atomic E-state index is 12.5. The number of ether oxygens (including phenoxy) is 1. The van der Waals surface area contributed by atoms with E-state index in [4.69, 9.17) is 4.74 Å². The van der Waals surface area contributed by atoms with Crippen LogP contribution in [0.3, 0.4) is 0 Å². The number of methoxy groups -OCH3 is 1. The molecule has 0 saturated heterocycles. The molecule has 7 heteroatoms. The number of thioether (sulfide) groups is 1. The van der Waals surface area contributed by atoms with E-state index in [0.29, 0.717) is 17.0 Å². The Kier molecular flexibility index (Phi) is 6.87. The molecule has 152 valence electrons. The van der Waals surface area contributed by atoms with Gasteiger partial charge < -0.3 is 15.2 Å². The molecule has 2 N–H and O–H groups in total. The first-order valence-electron chi connectivity index (χ1n) is 9.01. The van der Waals surface area contributed by atoms with E-state index >= 15 is 0 Å². The number of rotatable bonds is 8. The van der Waals surface area contributed by atoms with E-state index in [1.165, 1.54) is 23.9 Å². The number of nitrogens with one attached hydrogen (secondary N) is 1. The highest BCUT2D eigenvalue weighted by Crippen LogP contribution is 2.24. The number of aromatic carboxylic acids is 1. The largest absolute Gasteiger partial charge is 0.497 e. The third-order valence-corrected chi connectivity index (χ3v) is 5.25. The highest BCUT2D eigenvalue weighted by atomic mass is 32.2. The molecule has 0 saturated carbocycles. The van der Waals surface area contributed by atoms with Crippen molar-refractivity contribution in [3.63, 3.8) is 0 Å². The molecule has 0 unspecified atom stereocenters. The summed E-state index contributed by atoms with van der Waals surface area (Å²) >= 11 is 1.35. The first kappa shape index (κ1) is 21.1. The van der Waals surface area contributed by atoms with Crippen LogP contribution in [0.1, 0.15) is 31.1 Å². The molecule has 3 rings (SSSR count). The molecule has 0 radical (unpaired) electrons. The summed E-state index contributed by atoms with van der Waals surface area (Å²) in [5.41, 5.74) is 1.09. The molecule has 3 aromatic rings. The summed E-state index contributed by atoms with van der Waals surface area (Å²) in [5, 5.41) is 12.0. The normalized spacial score (nSPS) is 10.3. The Hall–Kier alpha value is -3.58. The topological polar surface area (TPSA) is 92.7 Å². The van der Waals surface area contributed by atoms with Crippen LogP contribution in [0.2, 0.25) is 0 Å². The first-order chi connectivity index (χ1) is 14.5. The number of ketones is 1. The number of Topliss-reactive ketones (excluding diaryl/α,β-unsaturated/α-hetero) is 1. The Balaban J connectivity index is 1.67. The lowest BCUT2D eigenvalue weighted by Gasteiger charge is -2.09. The molecule has 0 fully saturated rings. The van der Waals surface area contributed by atoms with Gasteiger partial charge in [0.25, 0.3) is 5.91 Å². The van der Waals surface area contributed by atoms with Gasteiger partial charge in [-0.2, -0.15) is 0 Å². The second kappa shape index (κ2) is 9.76. The average molecular weight is 421 g/mol. The summed E-state index contributed by atoms with van der Waals surface area (Å²) in [6, 6.07) is 20.0. The predicted molar refractivity (Wildman–Crippen MR) is 116 cm³/mol. The van der Waals surface area contributed by atoms with Gasteiger partial charge in [0.05, 0.1) is 24.0 Å². The number of anilines is 1. The number of carbonyl (C=O) groups excluding carboxylic acids is 2. The van der Waals surface area contributed by atoms with Crippen LogP contribution in [-0.2, 0) is 0 Å². The zero-order valence-corrected chi connectivity index (χ0v) is 16.9. The van der Waals surface area contributed by atoms with E-state index in [2.05, 4.69) is 5.32 Å². The molecular weight excluding hydrogens is 402 g/mol. The number of carbonyl (C=O) groups is 3. The van der Waals surface area contributed by atoms with Gasteiger partial charge in [0.15, 0.2) is 5.78 Å². The summed E-state index contributed by atoms with van der Waals surface area (Å²) < 4.78 is 5.14. The van der Waals surface area contributed by atoms with Gasteiger partial charge >= 0.3 is 5.97 Å². The van der Waals surface area contributed by atoms with E-state index in [1.54, 1.807) is 61.7 Å². The summed E-state index contributed by atoms with van der Waals surface area (Å²) in [5.74, 6) is -0.864. The minimum atomic E-state index is -1.17. The Morgan fingerprint density at radius 3 is 2.40 bits per heavy atom. The number of amides is 1. The number of hydrogen-bond donors (Lipinski definition) is 2. The van der Waals surface area contributed by atoms with Crippen LogP contribution in [0, 0.1) is 0 Å². The van der Waals surface area contributed by atoms with Gasteiger partial charge in [-0.05, 0) is 42.5 Å². The van der Waals surface area contributed by atoms with Crippen molar-refractivity contribution in [3.05, 3.63) is 89.5 Å². The third kappa shape index (κ3) is 5.27. The zero-order chi connectivity index (χ0) is 21.5. The Labute approximate surface area is 177 Å². The SMILES string of the molecule is COc1cccc(C(=O)CSc2cccc(NC(=O)c3ccccc3C(=O)O)c2)c1. The Morgan fingerprint density at radius 2 is 1.67 bits per heavy atom. The smallest absolute Gasteiger partial charge is 0.336 e. The number of carboxylic acids is 1. The van der Waals surface area contributed by atoms with Crippen LogP contribution in [0.15, 0.2) is 77.7 Å². The van der Waals surface area contributed by atoms with E-state index in [0.717, 1.165) is 4.90 Å². The lowest BCUT2D eigenvalue weighted by Crippen LogP contribution is -2.16. The van der Waals surface area contributed by atoms with Crippen LogP contribution >= 0.6 is 11.8 Å². The second-order valence-electron chi connectivity index (χ2n) is 6.28. The van der Waals surface area contributed by atoms with E-state index in [9.17, 15) is 19.5 Å². The van der Waals surface area contributed by atoms with E-state index < -0.39 is 11.9 Å². The molecule has 30 heavy (non-hydrogen) atoms. The first-order valence-corrected chi connectivity index (χ1v) is 10.0. The van der Waals surface area contributed by atoms with E-state index in [1.807, 2.05) is 6.07 Å². The molecular formula is C23H19NO5S. The van der Waals surface area contributed by atoms with Gasteiger partial charge in [-0.3, -0.25) is 9.59 Å². The number of carboxylic acid groups (broad SMARTS) is 1. The van der Waals surface area contributed by atoms with Crippen molar-refractivity contribution >= 4 is 35.1 Å². The minimum Gasteiger partial charge on any atom is -0.497 e. The fraction of sp³-hybridized carbons (Fsp3) is 0.0870. The molecule has 0 bridgehead atoms. The third-order valence-electron chi connectivity index (χ3n) is 4.26. The molecule has 6 nitrogen and oxygen atoms in total. The molecule has 0 atom stereocenters. The van der Waals surface area contributed by atoms with Crippen LogP contribution in [0.25, 0.3) is 0 Å². The van der Waals surface area contributed by atoms with Gasteiger partial charge in [-0.15, -0.1) is 11.8 Å². The zero-order valence-electron chi connectivity index (χ0n) is 16.1. The fourth-order valence-corrected chi connectivity index (χ4v) is 3.61. The Morgan fingerprint density at radius 1 is 0.933 bits per heavy atom. The fourth-order valence-electron chi connectivity index (χ4n) is 2.76. The standard InChI is InChI=1S/C23H19NO5S/c1-29-17-8-4-6-15(12-17)21(25)14-30-18-9-5-7-16(13-18)24-22(26)19-10-2-3-11-20(19)23(27)28/h2-13H,14H2,1H3,(H,24,26)(H,27,28). The molecule has 1 amide bonds. The van der Waals surface area contributed by atoms with Crippen molar-refractivity contribution in [2.45, 2.75) is 4.90 Å². The molecule has 3 aromatic carbocycles. The van der Waals surface area contributed by atoms with Crippen molar-refractivity contribution in [3.8, 4) is 5.75 Å². The van der Waals surface area contributed by atoms with Crippen molar-refractivity contribution in [2.24, 2.45) is 0 Å². The molecule has 0 aliphatic heterocycles. The molecule has 0 heterocycles. The minimum absolute atomic E-state index is 0.0382. The lowest BCUT2D eigenvalue weighted by molar-refractivity contribution is 0.0692. The predicted octanol–water partition coefficient (Wildman–Crippen LogP) is 4.62. The average Bonchev–Trinajstić information content (AvgIpc) is 2.77. The highest BCUT2D eigenvalue weighted by Gasteiger charge is 2.16. The second-order valence-corrected chi connectivity index (χ2v) is 7.33. The van der Waals surface area contributed by atoms with Gasteiger partial charge in [-0.25, -0.2) is 4.79 Å². The maximum Gasteiger partial charge on any atom is 0.336 e. The molecule has 0 aromatic heterocycles. The van der Waals surface area contributed by atoms with Crippen LogP contribution < -0.4 is 10.1 Å². The maximum atomic E-state index is 12.5. The summed E-state index contributed by atoms with van der Waals surface area (Å²) in [6.45, 7) is 0. The van der Waals surface area contributed by atoms with Crippen molar-refractivity contribution in [2.75, 3.05) is 18.2 Å². The van der Waals surface area contributed by atoms with Crippen LogP contribution in [0.5, 0.6) is 5.75 Å². The molecule has 0 aliphatic carbocycles. The summed E-state index contributed by atoms with van der Waals surface area (Å²) in [4.78, 5) is 37.1. The summed E-state index contributed by atoms with van der Waals surface area (Å²) in [7, 11) is 1.55. The van der Waals surface area contributed by atoms with Gasteiger partial charge in [0, 0.05) is 16.1 Å². The van der Waals surface area contributed by atoms with Crippen LogP contribution in [0.4, 0.5) is 5.69 Å². The molecule has 0 aliphatic rings. The van der Waals surface area contributed by atoms with Crippen LogP contribution in [-0.4, -0.2) is 35.6 Å². The highest BCUT2D eigenvalue weighted by molar-refractivity contribution is 8.00. The Bertz CT molecular complexity index is 1100. The quantitative estimate of drug-likeness (QED) is 0.407. The lowest BCUT2D eigenvalue weighted by atomic mass is 10.1. The molecule has 0 spiro atoms. The van der Waals surface area contributed by atoms with Crippen molar-refractivity contribution in [1.29, 1.82) is 0 Å². The summed E-state index contributed by atoms with van der Waals surface area (Å²) in [6.07, 6.45) is 0. The number of benzene rings is 3. The monoisotopic (exact) mass is 421 g/mol. The van der Waals surface area contributed by atoms with E-state index in [-0.39, 0.29) is 22.7 Å². The van der Waals surface area contributed by atoms with Gasteiger partial charge in [0.1, 0.15) is 5.75 Å². The van der Waals surface area contributed by atoms with Gasteiger partial charge in [-0.1, -0.05) is 30.3 Å². The van der Waals surface area contributed by atoms with Gasteiger partial charge in [0.2, 0.25) is 0 Å². The number of hydrogen-bond acceptors (Lipinski definition) is 5. The van der Waals surface area contributed by atoms with Crippen molar-refractivity contribution in [1.82, 2.24) is 0 Å².